The van der Waals surface area contributed by atoms with Crippen LogP contribution in [0.5, 0.6) is 0 Å². The molecule has 1 aliphatic heterocycles. The van der Waals surface area contributed by atoms with Gasteiger partial charge in [-0.1, -0.05) is 29.8 Å². The van der Waals surface area contributed by atoms with Gasteiger partial charge in [0.25, 0.3) is 15.9 Å². The van der Waals surface area contributed by atoms with Gasteiger partial charge in [0.2, 0.25) is 5.91 Å². The normalized spacial score (nSPS) is 17.7. The highest BCUT2D eigenvalue weighted by molar-refractivity contribution is 8.01. The molecule has 0 spiro atoms. The fraction of sp³-hybridized carbons (Fsp3) is 0.400. The summed E-state index contributed by atoms with van der Waals surface area (Å²) in [5.74, 6) is -1.97. The molecular weight excluding hydrogens is 516 g/mol. The topological polar surface area (TPSA) is 145 Å². The minimum atomic E-state index is -4.50. The molecule has 37 heavy (non-hydrogen) atoms. The lowest BCUT2D eigenvalue weighted by Crippen LogP contribution is -2.55. The van der Waals surface area contributed by atoms with Crippen LogP contribution in [0.25, 0.3) is 0 Å². The van der Waals surface area contributed by atoms with E-state index in [1.54, 1.807) is 50.4 Å². The number of aryl methyl sites for hydroxylation is 1. The van der Waals surface area contributed by atoms with Crippen LogP contribution in [-0.2, 0) is 30.8 Å². The van der Waals surface area contributed by atoms with Crippen molar-refractivity contribution in [2.75, 3.05) is 24.7 Å². The number of carboxylic acids is 1. The predicted octanol–water partition coefficient (Wildman–Crippen LogP) is 1.81. The monoisotopic (exact) mass is 548 g/mol. The number of aliphatic carboxylic acids is 1. The summed E-state index contributed by atoms with van der Waals surface area (Å²) in [6.45, 7) is 5.70. The molecule has 0 radical (unpaired) electrons. The van der Waals surface area contributed by atoms with E-state index in [0.717, 1.165) is 5.56 Å². The lowest BCUT2D eigenvalue weighted by Gasteiger charge is -2.31. The maximum Gasteiger partial charge on any atom is 0.328 e. The summed E-state index contributed by atoms with van der Waals surface area (Å²) in [4.78, 5) is 37.7. The van der Waals surface area contributed by atoms with Gasteiger partial charge in [-0.05, 0) is 57.6 Å². The SMILES string of the molecule is CNCC(=O)Nc1ccc(C[C@@H](C(=O)O)N(C(=O)[C@H]2NC(C)(C)CS2)S(=O)(=O)c2ccc(C)cc2)cc1. The van der Waals surface area contributed by atoms with Crippen LogP contribution in [0, 0.1) is 6.92 Å². The maximum absolute atomic E-state index is 13.7. The van der Waals surface area contributed by atoms with Crippen molar-refractivity contribution in [2.24, 2.45) is 0 Å². The van der Waals surface area contributed by atoms with Crippen LogP contribution >= 0.6 is 11.8 Å². The molecule has 2 aromatic rings. The Hall–Kier alpha value is -2.93. The van der Waals surface area contributed by atoms with Crippen LogP contribution in [0.4, 0.5) is 5.69 Å². The van der Waals surface area contributed by atoms with E-state index in [0.29, 0.717) is 21.3 Å². The fourth-order valence-electron chi connectivity index (χ4n) is 3.83. The zero-order valence-electron chi connectivity index (χ0n) is 21.1. The zero-order valence-corrected chi connectivity index (χ0v) is 22.8. The molecule has 200 valence electrons. The Bertz CT molecular complexity index is 1250. The van der Waals surface area contributed by atoms with Gasteiger partial charge in [0.1, 0.15) is 11.4 Å². The first-order valence-electron chi connectivity index (χ1n) is 11.6. The summed E-state index contributed by atoms with van der Waals surface area (Å²) in [5.41, 5.74) is 1.40. The molecule has 0 saturated carbocycles. The first kappa shape index (κ1) is 28.6. The molecule has 2 amide bonds. The number of hydrogen-bond donors (Lipinski definition) is 4. The molecule has 3 rings (SSSR count). The van der Waals surface area contributed by atoms with E-state index in [-0.39, 0.29) is 23.8 Å². The molecule has 0 unspecified atom stereocenters. The Morgan fingerprint density at radius 2 is 1.76 bits per heavy atom. The van der Waals surface area contributed by atoms with Crippen molar-refractivity contribution >= 4 is 45.3 Å². The van der Waals surface area contributed by atoms with Crippen LogP contribution < -0.4 is 16.0 Å². The number of carbonyl (C=O) groups excluding carboxylic acids is 2. The van der Waals surface area contributed by atoms with Gasteiger partial charge in [-0.25, -0.2) is 17.5 Å². The van der Waals surface area contributed by atoms with E-state index < -0.39 is 38.9 Å². The Morgan fingerprint density at radius 1 is 1.14 bits per heavy atom. The van der Waals surface area contributed by atoms with Gasteiger partial charge in [-0.15, -0.1) is 11.8 Å². The number of amides is 2. The van der Waals surface area contributed by atoms with Crippen LogP contribution in [0.15, 0.2) is 53.4 Å². The summed E-state index contributed by atoms with van der Waals surface area (Å²) < 4.78 is 28.0. The highest BCUT2D eigenvalue weighted by Crippen LogP contribution is 2.31. The predicted molar refractivity (Wildman–Crippen MR) is 143 cm³/mol. The summed E-state index contributed by atoms with van der Waals surface area (Å²) >= 11 is 1.24. The number of carboxylic acid groups (broad SMARTS) is 1. The number of hydrogen-bond acceptors (Lipinski definition) is 8. The number of carbonyl (C=O) groups is 3. The van der Waals surface area contributed by atoms with Crippen molar-refractivity contribution < 1.29 is 27.9 Å². The first-order valence-corrected chi connectivity index (χ1v) is 14.1. The molecule has 0 bridgehead atoms. The quantitative estimate of drug-likeness (QED) is 0.349. The van der Waals surface area contributed by atoms with E-state index in [2.05, 4.69) is 16.0 Å². The number of benzene rings is 2. The number of thioether (sulfide) groups is 1. The molecule has 0 aliphatic carbocycles. The number of sulfonamides is 1. The van der Waals surface area contributed by atoms with Gasteiger partial charge in [-0.2, -0.15) is 0 Å². The van der Waals surface area contributed by atoms with Crippen molar-refractivity contribution in [2.45, 2.75) is 49.0 Å². The number of nitrogens with one attached hydrogen (secondary N) is 3. The maximum atomic E-state index is 13.7. The van der Waals surface area contributed by atoms with Gasteiger partial charge < -0.3 is 15.7 Å². The zero-order chi connectivity index (χ0) is 27.4. The lowest BCUT2D eigenvalue weighted by molar-refractivity contribution is -0.146. The Morgan fingerprint density at radius 3 is 2.27 bits per heavy atom. The third kappa shape index (κ3) is 7.10. The van der Waals surface area contributed by atoms with Crippen molar-refractivity contribution in [3.8, 4) is 0 Å². The molecule has 2 aromatic carbocycles. The smallest absolute Gasteiger partial charge is 0.328 e. The van der Waals surface area contributed by atoms with Crippen LogP contribution in [0.2, 0.25) is 0 Å². The molecule has 1 aliphatic rings. The van der Waals surface area contributed by atoms with Crippen molar-refractivity contribution in [1.29, 1.82) is 0 Å². The van der Waals surface area contributed by atoms with Crippen LogP contribution in [-0.4, -0.2) is 71.9 Å². The van der Waals surface area contributed by atoms with E-state index in [1.807, 2.05) is 13.8 Å². The molecule has 0 aromatic heterocycles. The van der Waals surface area contributed by atoms with Crippen LogP contribution in [0.3, 0.4) is 0 Å². The molecule has 12 heteroatoms. The highest BCUT2D eigenvalue weighted by Gasteiger charge is 2.46. The third-order valence-corrected chi connectivity index (χ3v) is 9.09. The number of rotatable bonds is 10. The highest BCUT2D eigenvalue weighted by atomic mass is 32.2. The fourth-order valence-corrected chi connectivity index (χ4v) is 6.77. The molecule has 2 atom stereocenters. The second kappa shape index (κ2) is 11.6. The molecule has 4 N–H and O–H groups in total. The second-order valence-corrected chi connectivity index (χ2v) is 12.4. The van der Waals surface area contributed by atoms with E-state index in [4.69, 9.17) is 0 Å². The lowest BCUT2D eigenvalue weighted by atomic mass is 10.1. The van der Waals surface area contributed by atoms with Gasteiger partial charge in [0, 0.05) is 23.4 Å². The molecule has 1 saturated heterocycles. The number of likely N-dealkylation sites (N-methyl/N-ethyl adjacent to an activating group) is 1. The summed E-state index contributed by atoms with van der Waals surface area (Å²) in [7, 11) is -2.85. The Labute approximate surface area is 221 Å². The van der Waals surface area contributed by atoms with Gasteiger partial charge >= 0.3 is 5.97 Å². The van der Waals surface area contributed by atoms with Gasteiger partial charge in [0.15, 0.2) is 0 Å². The molecule has 1 heterocycles. The third-order valence-electron chi connectivity index (χ3n) is 5.72. The van der Waals surface area contributed by atoms with E-state index in [1.165, 1.54) is 23.9 Å². The van der Waals surface area contributed by atoms with Crippen molar-refractivity contribution in [1.82, 2.24) is 14.9 Å². The Balaban J connectivity index is 1.97. The summed E-state index contributed by atoms with van der Waals surface area (Å²) in [6, 6.07) is 10.6. The minimum absolute atomic E-state index is 0.126. The van der Waals surface area contributed by atoms with Crippen molar-refractivity contribution in [3.63, 3.8) is 0 Å². The Kier molecular flexibility index (Phi) is 9.00. The van der Waals surface area contributed by atoms with Gasteiger partial charge in [-0.3, -0.25) is 14.9 Å². The molecule has 10 nitrogen and oxygen atoms in total. The second-order valence-electron chi connectivity index (χ2n) is 9.51. The largest absolute Gasteiger partial charge is 0.480 e. The number of anilines is 1. The van der Waals surface area contributed by atoms with Crippen molar-refractivity contribution in [3.05, 3.63) is 59.7 Å². The summed E-state index contributed by atoms with van der Waals surface area (Å²) in [5, 5.41) is 17.8. The van der Waals surface area contributed by atoms with E-state index in [9.17, 15) is 27.9 Å². The summed E-state index contributed by atoms with van der Waals surface area (Å²) in [6.07, 6.45) is -0.252. The average Bonchev–Trinajstić information content (AvgIpc) is 3.19. The van der Waals surface area contributed by atoms with E-state index >= 15 is 0 Å². The first-order chi connectivity index (χ1) is 17.3. The minimum Gasteiger partial charge on any atom is -0.480 e. The average molecular weight is 549 g/mol. The molecular formula is C25H32N4O6S2. The number of nitrogens with zero attached hydrogens (tertiary/aromatic N) is 1. The van der Waals surface area contributed by atoms with Crippen LogP contribution in [0.1, 0.15) is 25.0 Å². The molecule has 1 fully saturated rings. The standard InChI is InChI=1S/C25H32N4O6S2/c1-16-5-11-19(12-6-16)37(34,35)29(23(31)22-28-25(2,3)15-36-22)20(24(32)33)13-17-7-9-18(10-8-17)27-21(30)14-26-4/h5-12,20,22,26,28H,13-15H2,1-4H3,(H,27,30)(H,32,33)/t20-,22-/m0/s1. The van der Waals surface area contributed by atoms with Gasteiger partial charge in [0.05, 0.1) is 11.4 Å².